The van der Waals surface area contributed by atoms with Gasteiger partial charge in [-0.2, -0.15) is 0 Å². The van der Waals surface area contributed by atoms with Gasteiger partial charge in [0.2, 0.25) is 0 Å². The second-order valence-corrected chi connectivity index (χ2v) is 9.23. The summed E-state index contributed by atoms with van der Waals surface area (Å²) < 4.78 is 0. The summed E-state index contributed by atoms with van der Waals surface area (Å²) >= 11 is 2.21. The van der Waals surface area contributed by atoms with Crippen LogP contribution in [0.15, 0.2) is 0 Å². The molecule has 0 aromatic heterocycles. The second-order valence-electron chi connectivity index (χ2n) is 7.77. The lowest BCUT2D eigenvalue weighted by atomic mass is 9.93. The van der Waals surface area contributed by atoms with Crippen molar-refractivity contribution < 1.29 is 0 Å². The Bertz CT molecular complexity index is 293. The number of hydrogen-bond acceptors (Lipinski definition) is 3. The Balaban J connectivity index is 2.07. The van der Waals surface area contributed by atoms with Crippen molar-refractivity contribution in [3.8, 4) is 0 Å². The highest BCUT2D eigenvalue weighted by atomic mass is 32.2. The fourth-order valence-electron chi connectivity index (χ4n) is 3.50. The molecule has 0 amide bonds. The maximum atomic E-state index is 2.77. The summed E-state index contributed by atoms with van der Waals surface area (Å²) in [6.07, 6.45) is 2.65. The molecule has 2 aliphatic rings. The Morgan fingerprint density at radius 2 is 1.39 bits per heavy atom. The first kappa shape index (κ1) is 14.7. The third-order valence-corrected chi connectivity index (χ3v) is 6.03. The van der Waals surface area contributed by atoms with Crippen molar-refractivity contribution in [1.82, 2.24) is 9.80 Å². The molecule has 0 aliphatic carbocycles. The smallest absolute Gasteiger partial charge is 0.0699 e. The van der Waals surface area contributed by atoms with Crippen LogP contribution >= 0.6 is 11.8 Å². The van der Waals surface area contributed by atoms with Crippen LogP contribution in [0.4, 0.5) is 0 Å². The van der Waals surface area contributed by atoms with Crippen molar-refractivity contribution in [2.75, 3.05) is 25.4 Å². The van der Waals surface area contributed by atoms with Gasteiger partial charge in [-0.3, -0.25) is 9.80 Å². The second kappa shape index (κ2) is 4.68. The van der Waals surface area contributed by atoms with Gasteiger partial charge in [0.15, 0.2) is 0 Å². The normalized spacial score (nSPS) is 27.0. The molecule has 106 valence electrons. The molecule has 0 saturated carbocycles. The fraction of sp³-hybridized carbons (Fsp3) is 1.00. The van der Waals surface area contributed by atoms with Crippen LogP contribution in [-0.4, -0.2) is 51.1 Å². The molecule has 0 atom stereocenters. The van der Waals surface area contributed by atoms with Gasteiger partial charge in [-0.25, -0.2) is 0 Å². The summed E-state index contributed by atoms with van der Waals surface area (Å²) in [5, 5.41) is 0. The van der Waals surface area contributed by atoms with Gasteiger partial charge >= 0.3 is 0 Å². The zero-order valence-corrected chi connectivity index (χ0v) is 13.9. The molecule has 0 aromatic rings. The largest absolute Gasteiger partial charge is 0.298 e. The molecule has 2 fully saturated rings. The Hall–Kier alpha value is 0.270. The van der Waals surface area contributed by atoms with Gasteiger partial charge in [-0.1, -0.05) is 0 Å². The van der Waals surface area contributed by atoms with E-state index in [2.05, 4.69) is 63.1 Å². The lowest BCUT2D eigenvalue weighted by Crippen LogP contribution is -2.58. The summed E-state index contributed by atoms with van der Waals surface area (Å²) in [7, 11) is 0. The molecule has 3 heteroatoms. The van der Waals surface area contributed by atoms with Crippen LogP contribution in [0.1, 0.15) is 54.4 Å². The van der Waals surface area contributed by atoms with E-state index in [9.17, 15) is 0 Å². The summed E-state index contributed by atoms with van der Waals surface area (Å²) in [6, 6.07) is 0. The van der Waals surface area contributed by atoms with Crippen LogP contribution in [-0.2, 0) is 0 Å². The Kier molecular flexibility index (Phi) is 3.81. The SMILES string of the molecule is CC(C)(C)N1CCC2(CC1)SCCN2C(C)(C)C. The van der Waals surface area contributed by atoms with Crippen LogP contribution in [0.25, 0.3) is 0 Å². The van der Waals surface area contributed by atoms with E-state index in [1.54, 1.807) is 0 Å². The monoisotopic (exact) mass is 270 g/mol. The van der Waals surface area contributed by atoms with Crippen LogP contribution in [0.5, 0.6) is 0 Å². The standard InChI is InChI=1S/C15H30N2S/c1-13(2,3)16-9-7-15(8-10-16)17(11-12-18-15)14(4,5)6/h7-12H2,1-6H3. The molecule has 18 heavy (non-hydrogen) atoms. The van der Waals surface area contributed by atoms with Gasteiger partial charge in [0.1, 0.15) is 0 Å². The first-order valence-corrected chi connectivity index (χ1v) is 8.31. The molecule has 2 heterocycles. The first-order chi connectivity index (χ1) is 8.15. The minimum atomic E-state index is 0.313. The number of piperidine rings is 1. The van der Waals surface area contributed by atoms with Crippen molar-refractivity contribution in [3.63, 3.8) is 0 Å². The summed E-state index contributed by atoms with van der Waals surface area (Å²) in [5.41, 5.74) is 0.644. The molecule has 0 bridgehead atoms. The molecule has 2 nitrogen and oxygen atoms in total. The van der Waals surface area contributed by atoms with E-state index in [1.165, 1.54) is 38.2 Å². The van der Waals surface area contributed by atoms with E-state index in [0.717, 1.165) is 0 Å². The van der Waals surface area contributed by atoms with Crippen molar-refractivity contribution >= 4 is 11.8 Å². The van der Waals surface area contributed by atoms with Gasteiger partial charge in [0.25, 0.3) is 0 Å². The van der Waals surface area contributed by atoms with E-state index in [1.807, 2.05) is 0 Å². The predicted molar refractivity (Wildman–Crippen MR) is 82.2 cm³/mol. The first-order valence-electron chi connectivity index (χ1n) is 7.32. The molecule has 0 N–H and O–H groups in total. The van der Waals surface area contributed by atoms with Crippen LogP contribution in [0.2, 0.25) is 0 Å². The highest BCUT2D eigenvalue weighted by Gasteiger charge is 2.48. The van der Waals surface area contributed by atoms with E-state index < -0.39 is 0 Å². The molecule has 2 rings (SSSR count). The van der Waals surface area contributed by atoms with Crippen LogP contribution in [0.3, 0.4) is 0 Å². The Morgan fingerprint density at radius 1 is 0.833 bits per heavy atom. The van der Waals surface area contributed by atoms with Crippen molar-refractivity contribution in [2.45, 2.75) is 70.3 Å². The molecule has 2 aliphatic heterocycles. The van der Waals surface area contributed by atoms with Gasteiger partial charge in [-0.15, -0.1) is 11.8 Å². The van der Waals surface area contributed by atoms with E-state index in [-0.39, 0.29) is 0 Å². The highest BCUT2D eigenvalue weighted by Crippen LogP contribution is 2.47. The molecule has 0 unspecified atom stereocenters. The van der Waals surface area contributed by atoms with Gasteiger partial charge in [0.05, 0.1) is 4.87 Å². The van der Waals surface area contributed by atoms with E-state index in [0.29, 0.717) is 15.9 Å². The van der Waals surface area contributed by atoms with Gasteiger partial charge in [0, 0.05) is 36.5 Å². The Labute approximate surface area is 117 Å². The predicted octanol–water partition coefficient (Wildman–Crippen LogP) is 3.42. The van der Waals surface area contributed by atoms with Crippen molar-refractivity contribution in [2.24, 2.45) is 0 Å². The third-order valence-electron chi connectivity index (χ3n) is 4.48. The number of hydrogen-bond donors (Lipinski definition) is 0. The minimum Gasteiger partial charge on any atom is -0.298 e. The zero-order valence-electron chi connectivity index (χ0n) is 13.0. The van der Waals surface area contributed by atoms with E-state index in [4.69, 9.17) is 0 Å². The average Bonchev–Trinajstić information content (AvgIpc) is 2.60. The van der Waals surface area contributed by atoms with Crippen LogP contribution in [0, 0.1) is 0 Å². The molecule has 2 saturated heterocycles. The molecule has 0 aromatic carbocycles. The number of likely N-dealkylation sites (tertiary alicyclic amines) is 1. The van der Waals surface area contributed by atoms with E-state index >= 15 is 0 Å². The third kappa shape index (κ3) is 2.73. The topological polar surface area (TPSA) is 6.48 Å². The molecule has 1 spiro atoms. The summed E-state index contributed by atoms with van der Waals surface area (Å²) in [4.78, 5) is 5.85. The fourth-order valence-corrected chi connectivity index (χ4v) is 5.14. The summed E-state index contributed by atoms with van der Waals surface area (Å²) in [5.74, 6) is 1.31. The maximum absolute atomic E-state index is 2.77. The van der Waals surface area contributed by atoms with Gasteiger partial charge in [-0.05, 0) is 54.4 Å². The maximum Gasteiger partial charge on any atom is 0.0699 e. The highest BCUT2D eigenvalue weighted by molar-refractivity contribution is 8.00. The van der Waals surface area contributed by atoms with Crippen LogP contribution < -0.4 is 0 Å². The number of thioether (sulfide) groups is 1. The molecular formula is C15H30N2S. The quantitative estimate of drug-likeness (QED) is 0.666. The molecule has 0 radical (unpaired) electrons. The lowest BCUT2D eigenvalue weighted by molar-refractivity contribution is 0.00999. The van der Waals surface area contributed by atoms with Gasteiger partial charge < -0.3 is 0 Å². The molecular weight excluding hydrogens is 240 g/mol. The number of rotatable bonds is 0. The van der Waals surface area contributed by atoms with Crippen molar-refractivity contribution in [3.05, 3.63) is 0 Å². The lowest BCUT2D eigenvalue weighted by Gasteiger charge is -2.51. The summed E-state index contributed by atoms with van der Waals surface area (Å²) in [6.45, 7) is 17.9. The van der Waals surface area contributed by atoms with Crippen molar-refractivity contribution in [1.29, 1.82) is 0 Å². The minimum absolute atomic E-state index is 0.313. The Morgan fingerprint density at radius 3 is 1.83 bits per heavy atom. The zero-order chi connectivity index (χ0) is 13.6. The average molecular weight is 270 g/mol. The number of nitrogens with zero attached hydrogens (tertiary/aromatic N) is 2.